The van der Waals surface area contributed by atoms with Crippen LogP contribution >= 0.6 is 11.8 Å². The molecule has 1 atom stereocenters. The number of hydrogen-bond donors (Lipinski definition) is 2. The highest BCUT2D eigenvalue weighted by atomic mass is 32.2. The minimum Gasteiger partial charge on any atom is -0.478 e. The fraction of sp³-hybridized carbons (Fsp3) is 0.417. The molecule has 2 N–H and O–H groups in total. The summed E-state index contributed by atoms with van der Waals surface area (Å²) < 4.78 is 0. The Bertz CT molecular complexity index is 355. The highest BCUT2D eigenvalue weighted by Gasteiger charge is 2.08. The predicted octanol–water partition coefficient (Wildman–Crippen LogP) is 2.23. The Labute approximate surface area is 100 Å². The van der Waals surface area contributed by atoms with E-state index in [1.54, 1.807) is 23.9 Å². The molecule has 1 aromatic rings. The van der Waals surface area contributed by atoms with Crippen molar-refractivity contribution in [2.75, 3.05) is 12.8 Å². The second-order valence-electron chi connectivity index (χ2n) is 3.64. The molecule has 1 rings (SSSR count). The monoisotopic (exact) mass is 239 g/mol. The molecule has 1 unspecified atom stereocenters. The van der Waals surface area contributed by atoms with Gasteiger partial charge in [-0.1, -0.05) is 25.1 Å². The number of nitrogens with one attached hydrogen (secondary N) is 1. The third-order valence-electron chi connectivity index (χ3n) is 2.40. The molecule has 4 heteroatoms. The molecule has 0 fully saturated rings. The molecule has 0 aromatic heterocycles. The first kappa shape index (κ1) is 13.1. The van der Waals surface area contributed by atoms with Gasteiger partial charge in [0.25, 0.3) is 0 Å². The second-order valence-corrected chi connectivity index (χ2v) is 4.92. The Morgan fingerprint density at radius 2 is 2.19 bits per heavy atom. The maximum absolute atomic E-state index is 10.9. The molecule has 0 heterocycles. The van der Waals surface area contributed by atoms with Gasteiger partial charge in [0.15, 0.2) is 0 Å². The van der Waals surface area contributed by atoms with E-state index in [-0.39, 0.29) is 0 Å². The number of benzene rings is 1. The van der Waals surface area contributed by atoms with Gasteiger partial charge < -0.3 is 10.4 Å². The molecule has 16 heavy (non-hydrogen) atoms. The first-order valence-electron chi connectivity index (χ1n) is 5.20. The highest BCUT2D eigenvalue weighted by Crippen LogP contribution is 2.09. The van der Waals surface area contributed by atoms with Crippen LogP contribution in [0.15, 0.2) is 24.3 Å². The van der Waals surface area contributed by atoms with E-state index in [2.05, 4.69) is 18.5 Å². The maximum atomic E-state index is 10.9. The highest BCUT2D eigenvalue weighted by molar-refractivity contribution is 7.99. The van der Waals surface area contributed by atoms with E-state index in [4.69, 9.17) is 5.11 Å². The molecule has 0 saturated carbocycles. The molecule has 0 aliphatic heterocycles. The number of thioether (sulfide) groups is 1. The van der Waals surface area contributed by atoms with E-state index >= 15 is 0 Å². The van der Waals surface area contributed by atoms with Crippen molar-refractivity contribution in [1.29, 1.82) is 0 Å². The van der Waals surface area contributed by atoms with Crippen LogP contribution in [0, 0.1) is 0 Å². The zero-order valence-corrected chi connectivity index (χ0v) is 10.4. The fourth-order valence-electron chi connectivity index (χ4n) is 1.38. The topological polar surface area (TPSA) is 49.3 Å². The van der Waals surface area contributed by atoms with Crippen LogP contribution in [0.25, 0.3) is 0 Å². The summed E-state index contributed by atoms with van der Waals surface area (Å²) in [7, 11) is 0. The van der Waals surface area contributed by atoms with E-state index in [9.17, 15) is 4.79 Å². The first-order valence-corrected chi connectivity index (χ1v) is 6.48. The summed E-state index contributed by atoms with van der Waals surface area (Å²) in [5.74, 6) is -0.865. The van der Waals surface area contributed by atoms with Crippen LogP contribution in [0.2, 0.25) is 0 Å². The fourth-order valence-corrected chi connectivity index (χ4v) is 1.66. The summed E-state index contributed by atoms with van der Waals surface area (Å²) in [5, 5.41) is 12.8. The van der Waals surface area contributed by atoms with Gasteiger partial charge >= 0.3 is 5.97 Å². The predicted molar refractivity (Wildman–Crippen MR) is 68.1 cm³/mol. The van der Waals surface area contributed by atoms with Gasteiger partial charge in [-0.2, -0.15) is 11.8 Å². The number of carboxylic acids is 1. The Hall–Kier alpha value is -1.00. The van der Waals surface area contributed by atoms with Crippen molar-refractivity contribution < 1.29 is 9.90 Å². The van der Waals surface area contributed by atoms with Crippen LogP contribution < -0.4 is 5.32 Å². The van der Waals surface area contributed by atoms with E-state index in [1.165, 1.54) is 0 Å². The number of aromatic carboxylic acids is 1. The summed E-state index contributed by atoms with van der Waals surface area (Å²) in [5.41, 5.74) is 1.22. The summed E-state index contributed by atoms with van der Waals surface area (Å²) in [6, 6.07) is 7.09. The number of carboxylic acid groups (broad SMARTS) is 1. The average Bonchev–Trinajstić information content (AvgIpc) is 2.29. The molecule has 0 bridgehead atoms. The van der Waals surface area contributed by atoms with Gasteiger partial charge in [0.1, 0.15) is 0 Å². The van der Waals surface area contributed by atoms with Crippen LogP contribution in [0.4, 0.5) is 0 Å². The van der Waals surface area contributed by atoms with E-state index in [1.807, 2.05) is 12.1 Å². The average molecular weight is 239 g/mol. The van der Waals surface area contributed by atoms with Crippen LogP contribution in [0.5, 0.6) is 0 Å². The Morgan fingerprint density at radius 1 is 1.50 bits per heavy atom. The van der Waals surface area contributed by atoms with Crippen molar-refractivity contribution in [3.05, 3.63) is 35.4 Å². The normalized spacial score (nSPS) is 12.4. The summed E-state index contributed by atoms with van der Waals surface area (Å²) in [6.45, 7) is 3.63. The third kappa shape index (κ3) is 3.87. The summed E-state index contributed by atoms with van der Waals surface area (Å²) in [4.78, 5) is 10.9. The molecule has 0 spiro atoms. The molecule has 88 valence electrons. The molecular weight excluding hydrogens is 222 g/mol. The molecular formula is C12H17NO2S. The third-order valence-corrected chi connectivity index (χ3v) is 3.37. The van der Waals surface area contributed by atoms with Gasteiger partial charge in [-0.15, -0.1) is 0 Å². The number of rotatable bonds is 6. The van der Waals surface area contributed by atoms with Crippen molar-refractivity contribution in [3.63, 3.8) is 0 Å². The summed E-state index contributed by atoms with van der Waals surface area (Å²) in [6.07, 6.45) is 2.07. The van der Waals surface area contributed by atoms with Crippen LogP contribution in [0.3, 0.4) is 0 Å². The lowest BCUT2D eigenvalue weighted by atomic mass is 10.1. The Balaban J connectivity index is 2.56. The molecule has 0 aliphatic carbocycles. The lowest BCUT2D eigenvalue weighted by Crippen LogP contribution is -2.23. The van der Waals surface area contributed by atoms with Gasteiger partial charge in [-0.3, -0.25) is 0 Å². The molecule has 0 radical (unpaired) electrons. The van der Waals surface area contributed by atoms with E-state index in [0.29, 0.717) is 17.4 Å². The van der Waals surface area contributed by atoms with Gasteiger partial charge in [0, 0.05) is 18.3 Å². The van der Waals surface area contributed by atoms with Crippen LogP contribution in [-0.2, 0) is 6.54 Å². The standard InChI is InChI=1S/C12H17NO2S/c1-9(16-2)7-13-8-10-5-3-4-6-11(10)12(14)15/h3-6,9,13H,7-8H2,1-2H3,(H,14,15). The smallest absolute Gasteiger partial charge is 0.336 e. The zero-order valence-electron chi connectivity index (χ0n) is 9.56. The molecule has 0 aliphatic rings. The Morgan fingerprint density at radius 3 is 2.81 bits per heavy atom. The molecule has 0 saturated heterocycles. The second kappa shape index (κ2) is 6.55. The van der Waals surface area contributed by atoms with Crippen molar-refractivity contribution in [2.45, 2.75) is 18.7 Å². The van der Waals surface area contributed by atoms with Crippen LogP contribution in [-0.4, -0.2) is 29.1 Å². The minimum absolute atomic E-state index is 0.381. The van der Waals surface area contributed by atoms with Gasteiger partial charge in [-0.25, -0.2) is 4.79 Å². The lowest BCUT2D eigenvalue weighted by Gasteiger charge is -2.11. The Kier molecular flexibility index (Phi) is 5.35. The largest absolute Gasteiger partial charge is 0.478 e. The van der Waals surface area contributed by atoms with E-state index in [0.717, 1.165) is 12.1 Å². The van der Waals surface area contributed by atoms with Gasteiger partial charge in [-0.05, 0) is 17.9 Å². The maximum Gasteiger partial charge on any atom is 0.336 e. The van der Waals surface area contributed by atoms with Gasteiger partial charge in [0.2, 0.25) is 0 Å². The van der Waals surface area contributed by atoms with Crippen molar-refractivity contribution >= 4 is 17.7 Å². The van der Waals surface area contributed by atoms with Crippen molar-refractivity contribution in [3.8, 4) is 0 Å². The summed E-state index contributed by atoms with van der Waals surface area (Å²) >= 11 is 1.79. The molecule has 0 amide bonds. The minimum atomic E-state index is -0.865. The van der Waals surface area contributed by atoms with Crippen molar-refractivity contribution in [2.24, 2.45) is 0 Å². The number of carbonyl (C=O) groups is 1. The quantitative estimate of drug-likeness (QED) is 0.799. The zero-order chi connectivity index (χ0) is 12.0. The lowest BCUT2D eigenvalue weighted by molar-refractivity contribution is 0.0695. The first-order chi connectivity index (χ1) is 7.65. The molecule has 1 aromatic carbocycles. The molecule has 3 nitrogen and oxygen atoms in total. The van der Waals surface area contributed by atoms with Gasteiger partial charge in [0.05, 0.1) is 5.56 Å². The SMILES string of the molecule is CSC(C)CNCc1ccccc1C(=O)O. The van der Waals surface area contributed by atoms with Crippen molar-refractivity contribution in [1.82, 2.24) is 5.32 Å². The van der Waals surface area contributed by atoms with Crippen LogP contribution in [0.1, 0.15) is 22.8 Å². The van der Waals surface area contributed by atoms with E-state index < -0.39 is 5.97 Å². The number of hydrogen-bond acceptors (Lipinski definition) is 3.